The number of allylic oxidation sites excluding steroid dienone is 3. The van der Waals surface area contributed by atoms with Gasteiger partial charge in [-0.25, -0.2) is 0 Å². The first-order valence-corrected chi connectivity index (χ1v) is 16.1. The Balaban J connectivity index is 1.29. The molecule has 0 fully saturated rings. The fraction of sp³-hybridized carbons (Fsp3) is 0.256. The van der Waals surface area contributed by atoms with Gasteiger partial charge in [0.05, 0.1) is 17.0 Å². The number of Topliss-reactive ketones (excluding diaryl/α,β-unsaturated/α-hetero) is 1. The van der Waals surface area contributed by atoms with Crippen LogP contribution in [0.3, 0.4) is 0 Å². The molecule has 0 unspecified atom stereocenters. The van der Waals surface area contributed by atoms with Crippen LogP contribution in [0.2, 0.25) is 0 Å². The lowest BCUT2D eigenvalue weighted by molar-refractivity contribution is -0.199. The Morgan fingerprint density at radius 1 is 0.755 bits per heavy atom. The minimum absolute atomic E-state index is 0.00327. The Morgan fingerprint density at radius 2 is 1.41 bits per heavy atom. The van der Waals surface area contributed by atoms with Crippen LogP contribution in [-0.2, 0) is 11.4 Å². The lowest BCUT2D eigenvalue weighted by atomic mass is 9.61. The van der Waals surface area contributed by atoms with E-state index in [0.717, 1.165) is 16.7 Å². The molecule has 0 saturated heterocycles. The number of aliphatic hydroxyl groups is 1. The van der Waals surface area contributed by atoms with E-state index >= 15 is 0 Å². The van der Waals surface area contributed by atoms with Crippen LogP contribution >= 0.6 is 0 Å². The SMILES string of the molecule is CC(C)=C[C@]12Oc3cc4c(cc3C(=O)[C@@]1(O)Oc1cc(O)ccc12)[C@H]1C=C(C)C[C@@H]2c3ccc(O)cc3O[C@@](c3ccc(O)cc3O)(O4)[C@@H]12. The highest BCUT2D eigenvalue weighted by Gasteiger charge is 2.69. The van der Waals surface area contributed by atoms with Gasteiger partial charge in [0.15, 0.2) is 0 Å². The molecule has 4 aromatic carbocycles. The molecule has 4 heterocycles. The van der Waals surface area contributed by atoms with Crippen molar-refractivity contribution in [3.8, 4) is 46.0 Å². The summed E-state index contributed by atoms with van der Waals surface area (Å²) in [4.78, 5) is 14.5. The predicted molar refractivity (Wildman–Crippen MR) is 174 cm³/mol. The number of ether oxygens (including phenoxy) is 4. The second-order valence-corrected chi connectivity index (χ2v) is 13.9. The highest BCUT2D eigenvalue weighted by Crippen LogP contribution is 2.65. The first-order valence-electron chi connectivity index (χ1n) is 16.1. The third-order valence-electron chi connectivity index (χ3n) is 10.5. The number of hydrogen-bond acceptors (Lipinski definition) is 10. The molecule has 5 N–H and O–H groups in total. The number of benzene rings is 4. The fourth-order valence-corrected chi connectivity index (χ4v) is 8.61. The van der Waals surface area contributed by atoms with Crippen molar-refractivity contribution < 1.29 is 49.3 Å². The molecule has 0 saturated carbocycles. The van der Waals surface area contributed by atoms with Crippen molar-refractivity contribution in [1.29, 1.82) is 0 Å². The molecular weight excluding hydrogens is 628 g/mol. The van der Waals surface area contributed by atoms with Crippen LogP contribution < -0.4 is 18.9 Å². The van der Waals surface area contributed by atoms with Crippen molar-refractivity contribution in [1.82, 2.24) is 0 Å². The number of phenolic OH excluding ortho intramolecular Hbond substituents is 4. The Bertz CT molecular complexity index is 2220. The normalized spacial score (nSPS) is 29.5. The smallest absolute Gasteiger partial charge is 0.322 e. The van der Waals surface area contributed by atoms with Crippen molar-refractivity contribution in [2.24, 2.45) is 5.92 Å². The first-order chi connectivity index (χ1) is 23.3. The molecule has 5 aliphatic rings. The second kappa shape index (κ2) is 9.51. The van der Waals surface area contributed by atoms with Crippen LogP contribution in [0.1, 0.15) is 71.6 Å². The van der Waals surface area contributed by atoms with Gasteiger partial charge in [-0.15, -0.1) is 0 Å². The molecule has 49 heavy (non-hydrogen) atoms. The van der Waals surface area contributed by atoms with Gasteiger partial charge in [-0.3, -0.25) is 4.79 Å². The lowest BCUT2D eigenvalue weighted by Crippen LogP contribution is -2.62. The molecule has 0 aromatic heterocycles. The topological polar surface area (TPSA) is 155 Å². The van der Waals surface area contributed by atoms with Crippen LogP contribution in [0.5, 0.6) is 46.0 Å². The van der Waals surface area contributed by atoms with Gasteiger partial charge in [0.1, 0.15) is 46.0 Å². The molecule has 9 rings (SSSR count). The van der Waals surface area contributed by atoms with Crippen LogP contribution in [0.25, 0.3) is 0 Å². The van der Waals surface area contributed by atoms with Crippen LogP contribution in [0.15, 0.2) is 90.0 Å². The molecule has 0 bridgehead atoms. The average molecular weight is 661 g/mol. The van der Waals surface area contributed by atoms with E-state index in [4.69, 9.17) is 18.9 Å². The first kappa shape index (κ1) is 29.5. The molecule has 248 valence electrons. The molecule has 4 aromatic rings. The maximum Gasteiger partial charge on any atom is 0.322 e. The van der Waals surface area contributed by atoms with Crippen molar-refractivity contribution in [2.75, 3.05) is 0 Å². The van der Waals surface area contributed by atoms with Gasteiger partial charge in [0, 0.05) is 47.2 Å². The summed E-state index contributed by atoms with van der Waals surface area (Å²) >= 11 is 0. The second-order valence-electron chi connectivity index (χ2n) is 13.9. The van der Waals surface area contributed by atoms with E-state index in [9.17, 15) is 30.3 Å². The van der Waals surface area contributed by atoms with Crippen molar-refractivity contribution in [3.05, 3.63) is 118 Å². The van der Waals surface area contributed by atoms with Gasteiger partial charge < -0.3 is 44.5 Å². The minimum Gasteiger partial charge on any atom is -0.508 e. The molecule has 10 nitrogen and oxygen atoms in total. The van der Waals surface area contributed by atoms with Crippen molar-refractivity contribution in [3.63, 3.8) is 0 Å². The van der Waals surface area contributed by atoms with Crippen LogP contribution in [-0.4, -0.2) is 37.1 Å². The molecule has 0 radical (unpaired) electrons. The molecule has 0 amide bonds. The van der Waals surface area contributed by atoms with Gasteiger partial charge in [-0.2, -0.15) is 0 Å². The summed E-state index contributed by atoms with van der Waals surface area (Å²) in [6.07, 6.45) is 4.38. The zero-order valence-electron chi connectivity index (χ0n) is 26.7. The standard InChI is InChI=1S/C39H32O10/c1-18(2)17-37-29-9-6-22(42)14-34(29)49-39(37,45)36(44)27-15-24-26-11-19(3)10-25-23-7-4-21(41)13-31(23)47-38(35(25)26,48-32(24)16-33(27)46-37)28-8-5-20(40)12-30(28)43/h4-9,11-17,25-26,35,40-43,45H,10H2,1-3H3/t25-,26-,35-,37-,38+,39-/m1/s1. The highest BCUT2D eigenvalue weighted by molar-refractivity contribution is 6.07. The number of carbonyl (C=O) groups excluding carboxylic acids is 1. The molecule has 1 aliphatic carbocycles. The van der Waals surface area contributed by atoms with Gasteiger partial charge in [-0.1, -0.05) is 23.3 Å². The van der Waals surface area contributed by atoms with Crippen LogP contribution in [0.4, 0.5) is 0 Å². The summed E-state index contributed by atoms with van der Waals surface area (Å²) < 4.78 is 26.3. The van der Waals surface area contributed by atoms with E-state index in [1.54, 1.807) is 36.4 Å². The third-order valence-corrected chi connectivity index (χ3v) is 10.5. The van der Waals surface area contributed by atoms with Gasteiger partial charge in [0.2, 0.25) is 11.4 Å². The number of ketones is 1. The fourth-order valence-electron chi connectivity index (χ4n) is 8.61. The maximum absolute atomic E-state index is 14.5. The van der Waals surface area contributed by atoms with E-state index in [0.29, 0.717) is 29.0 Å². The molecular formula is C39H32O10. The number of phenols is 4. The van der Waals surface area contributed by atoms with E-state index in [1.807, 2.05) is 26.8 Å². The molecule has 10 heteroatoms. The van der Waals surface area contributed by atoms with Gasteiger partial charge >= 0.3 is 5.79 Å². The Morgan fingerprint density at radius 3 is 2.12 bits per heavy atom. The Labute approximate surface area is 280 Å². The van der Waals surface area contributed by atoms with Gasteiger partial charge in [0.25, 0.3) is 5.79 Å². The van der Waals surface area contributed by atoms with E-state index in [1.165, 1.54) is 30.3 Å². The quantitative estimate of drug-likeness (QED) is 0.151. The zero-order valence-corrected chi connectivity index (χ0v) is 26.7. The number of fused-ring (bicyclic) bond motifs is 8. The van der Waals surface area contributed by atoms with E-state index in [-0.39, 0.29) is 51.5 Å². The highest BCUT2D eigenvalue weighted by atomic mass is 16.7. The molecule has 0 spiro atoms. The summed E-state index contributed by atoms with van der Waals surface area (Å²) in [5.41, 5.74) is 2.27. The number of rotatable bonds is 2. The molecule has 4 aliphatic heterocycles. The summed E-state index contributed by atoms with van der Waals surface area (Å²) in [7, 11) is 0. The number of aromatic hydroxyl groups is 4. The monoisotopic (exact) mass is 660 g/mol. The number of carbonyl (C=O) groups is 1. The third kappa shape index (κ3) is 3.77. The number of hydrogen-bond donors (Lipinski definition) is 5. The largest absolute Gasteiger partial charge is 0.508 e. The Hall–Kier alpha value is -5.61. The summed E-state index contributed by atoms with van der Waals surface area (Å²) in [6.45, 7) is 5.65. The van der Waals surface area contributed by atoms with Gasteiger partial charge in [-0.05, 0) is 75.2 Å². The minimum atomic E-state index is -2.48. The molecule has 6 atom stereocenters. The average Bonchev–Trinajstić information content (AvgIpc) is 3.26. The summed E-state index contributed by atoms with van der Waals surface area (Å²) in [6, 6.07) is 16.8. The van der Waals surface area contributed by atoms with Crippen molar-refractivity contribution >= 4 is 5.78 Å². The summed E-state index contributed by atoms with van der Waals surface area (Å²) in [5, 5.41) is 54.4. The van der Waals surface area contributed by atoms with Crippen molar-refractivity contribution in [2.45, 2.75) is 56.2 Å². The van der Waals surface area contributed by atoms with E-state index in [2.05, 4.69) is 6.08 Å². The lowest BCUT2D eigenvalue weighted by Gasteiger charge is -2.55. The predicted octanol–water partition coefficient (Wildman–Crippen LogP) is 6.50. The summed E-state index contributed by atoms with van der Waals surface area (Å²) in [5.74, 6) is -5.44. The van der Waals surface area contributed by atoms with Crippen LogP contribution in [0, 0.1) is 5.92 Å². The maximum atomic E-state index is 14.5. The van der Waals surface area contributed by atoms with E-state index < -0.39 is 34.8 Å². The zero-order chi connectivity index (χ0) is 34.2. The Kier molecular flexibility index (Phi) is 5.73.